The lowest BCUT2D eigenvalue weighted by molar-refractivity contribution is 0.00774. The first-order valence-corrected chi connectivity index (χ1v) is 9.63. The molecule has 0 aliphatic heterocycles. The van der Waals surface area contributed by atoms with Crippen LogP contribution in [0.5, 0.6) is 0 Å². The molecule has 1 aliphatic rings. The summed E-state index contributed by atoms with van der Waals surface area (Å²) in [6, 6.07) is 0.0919. The van der Waals surface area contributed by atoms with Gasteiger partial charge in [-0.3, -0.25) is 4.18 Å². The van der Waals surface area contributed by atoms with Crippen LogP contribution in [0.2, 0.25) is 0 Å². The van der Waals surface area contributed by atoms with Gasteiger partial charge in [0.2, 0.25) is 0 Å². The molecule has 1 saturated carbocycles. The van der Waals surface area contributed by atoms with Gasteiger partial charge < -0.3 is 9.64 Å². The van der Waals surface area contributed by atoms with Crippen molar-refractivity contribution >= 4 is 16.2 Å². The molecule has 1 rings (SSSR count). The van der Waals surface area contributed by atoms with Gasteiger partial charge in [0.15, 0.2) is 0 Å². The quantitative estimate of drug-likeness (QED) is 0.722. The van der Waals surface area contributed by atoms with Crippen LogP contribution in [-0.2, 0) is 19.0 Å². The Labute approximate surface area is 134 Å². The summed E-state index contributed by atoms with van der Waals surface area (Å²) in [6.07, 6.45) is 4.57. The number of rotatable bonds is 5. The van der Waals surface area contributed by atoms with Crippen LogP contribution in [0.15, 0.2) is 0 Å². The molecule has 130 valence electrons. The van der Waals surface area contributed by atoms with Crippen LogP contribution in [0, 0.1) is 5.92 Å². The normalized spacial score (nSPS) is 23.1. The molecule has 0 unspecified atom stereocenters. The third-order valence-electron chi connectivity index (χ3n) is 3.68. The molecule has 0 spiro atoms. The molecule has 1 aliphatic carbocycles. The number of amides is 1. The highest BCUT2D eigenvalue weighted by molar-refractivity contribution is 7.85. The second-order valence-electron chi connectivity index (χ2n) is 7.11. The van der Waals surface area contributed by atoms with E-state index in [4.69, 9.17) is 8.92 Å². The maximum Gasteiger partial charge on any atom is 0.410 e. The van der Waals surface area contributed by atoms with Gasteiger partial charge >= 0.3 is 6.09 Å². The molecule has 6 nitrogen and oxygen atoms in total. The highest BCUT2D eigenvalue weighted by Gasteiger charge is 2.30. The molecular weight excluding hydrogens is 306 g/mol. The summed E-state index contributed by atoms with van der Waals surface area (Å²) in [5, 5.41) is 0. The SMILES string of the molecule is CC(C)(C)OC(=O)N(CCOS(C)(=O)=O)[C@H]1CC[C@H](C)CC1. The number of hydrogen-bond acceptors (Lipinski definition) is 5. The van der Waals surface area contributed by atoms with Crippen LogP contribution < -0.4 is 0 Å². The topological polar surface area (TPSA) is 72.9 Å². The predicted octanol–water partition coefficient (Wildman–Crippen LogP) is 2.78. The zero-order valence-corrected chi connectivity index (χ0v) is 15.1. The van der Waals surface area contributed by atoms with Gasteiger partial charge in [-0.05, 0) is 52.4 Å². The highest BCUT2D eigenvalue weighted by Crippen LogP contribution is 2.28. The Balaban J connectivity index is 2.69. The van der Waals surface area contributed by atoms with E-state index in [1.165, 1.54) is 0 Å². The number of ether oxygens (including phenoxy) is 1. The summed E-state index contributed by atoms with van der Waals surface area (Å²) in [7, 11) is -3.50. The van der Waals surface area contributed by atoms with Crippen molar-refractivity contribution in [1.29, 1.82) is 0 Å². The third-order valence-corrected chi connectivity index (χ3v) is 4.28. The molecular formula is C15H29NO5S. The van der Waals surface area contributed by atoms with E-state index in [9.17, 15) is 13.2 Å². The molecule has 0 radical (unpaired) electrons. The average Bonchev–Trinajstić information content (AvgIpc) is 2.32. The predicted molar refractivity (Wildman–Crippen MR) is 85.2 cm³/mol. The Morgan fingerprint density at radius 1 is 1.18 bits per heavy atom. The smallest absolute Gasteiger partial charge is 0.410 e. The molecule has 0 saturated heterocycles. The van der Waals surface area contributed by atoms with Crippen molar-refractivity contribution in [3.05, 3.63) is 0 Å². The summed E-state index contributed by atoms with van der Waals surface area (Å²) >= 11 is 0. The molecule has 0 aromatic heterocycles. The Morgan fingerprint density at radius 3 is 2.18 bits per heavy atom. The zero-order valence-electron chi connectivity index (χ0n) is 14.3. The fraction of sp³-hybridized carbons (Fsp3) is 0.933. The van der Waals surface area contributed by atoms with Gasteiger partial charge in [-0.1, -0.05) is 6.92 Å². The number of hydrogen-bond donors (Lipinski definition) is 0. The number of nitrogens with zero attached hydrogens (tertiary/aromatic N) is 1. The minimum Gasteiger partial charge on any atom is -0.444 e. The van der Waals surface area contributed by atoms with Crippen molar-refractivity contribution in [2.75, 3.05) is 19.4 Å². The van der Waals surface area contributed by atoms with Crippen LogP contribution >= 0.6 is 0 Å². The van der Waals surface area contributed by atoms with E-state index >= 15 is 0 Å². The summed E-state index contributed by atoms with van der Waals surface area (Å²) in [4.78, 5) is 14.0. The average molecular weight is 335 g/mol. The highest BCUT2D eigenvalue weighted by atomic mass is 32.2. The van der Waals surface area contributed by atoms with Gasteiger partial charge in [0.25, 0.3) is 10.1 Å². The van der Waals surface area contributed by atoms with Gasteiger partial charge in [0.05, 0.1) is 12.9 Å². The standard InChI is InChI=1S/C15H29NO5S/c1-12-6-8-13(9-7-12)16(10-11-20-22(5,18)19)14(17)21-15(2,3)4/h12-13H,6-11H2,1-5H3/t12-,13-. The Kier molecular flexibility index (Phi) is 6.67. The van der Waals surface area contributed by atoms with Crippen molar-refractivity contribution in [2.24, 2.45) is 5.92 Å². The first-order valence-electron chi connectivity index (χ1n) is 7.82. The van der Waals surface area contributed by atoms with Crippen molar-refractivity contribution in [3.63, 3.8) is 0 Å². The van der Waals surface area contributed by atoms with E-state index in [1.54, 1.807) is 4.90 Å². The van der Waals surface area contributed by atoms with Crippen LogP contribution in [0.25, 0.3) is 0 Å². The lowest BCUT2D eigenvalue weighted by Crippen LogP contribution is -2.46. The van der Waals surface area contributed by atoms with Crippen LogP contribution in [-0.4, -0.2) is 50.5 Å². The van der Waals surface area contributed by atoms with Crippen LogP contribution in [0.3, 0.4) is 0 Å². The number of carbonyl (C=O) groups is 1. The van der Waals surface area contributed by atoms with E-state index in [-0.39, 0.29) is 19.2 Å². The maximum atomic E-state index is 12.4. The Morgan fingerprint density at radius 2 is 1.73 bits per heavy atom. The fourth-order valence-electron chi connectivity index (χ4n) is 2.58. The van der Waals surface area contributed by atoms with E-state index in [1.807, 2.05) is 20.8 Å². The molecule has 1 amide bonds. The molecule has 0 atom stereocenters. The first kappa shape index (κ1) is 19.2. The largest absolute Gasteiger partial charge is 0.444 e. The minimum absolute atomic E-state index is 0.0376. The Bertz CT molecular complexity index is 461. The summed E-state index contributed by atoms with van der Waals surface area (Å²) < 4.78 is 32.4. The second-order valence-corrected chi connectivity index (χ2v) is 8.76. The van der Waals surface area contributed by atoms with Crippen LogP contribution in [0.1, 0.15) is 53.4 Å². The molecule has 0 aromatic rings. The molecule has 0 N–H and O–H groups in total. The fourth-order valence-corrected chi connectivity index (χ4v) is 2.96. The van der Waals surface area contributed by atoms with Gasteiger partial charge in [-0.15, -0.1) is 0 Å². The third kappa shape index (κ3) is 7.45. The summed E-state index contributed by atoms with van der Waals surface area (Å²) in [5.74, 6) is 0.670. The summed E-state index contributed by atoms with van der Waals surface area (Å²) in [5.41, 5.74) is -0.574. The van der Waals surface area contributed by atoms with Gasteiger partial charge in [0.1, 0.15) is 5.60 Å². The van der Waals surface area contributed by atoms with Crippen molar-refractivity contribution in [3.8, 4) is 0 Å². The lowest BCUT2D eigenvalue weighted by atomic mass is 9.87. The van der Waals surface area contributed by atoms with E-state index < -0.39 is 21.8 Å². The second kappa shape index (κ2) is 7.64. The minimum atomic E-state index is -3.50. The van der Waals surface area contributed by atoms with Crippen LogP contribution in [0.4, 0.5) is 4.79 Å². The van der Waals surface area contributed by atoms with Gasteiger partial charge in [-0.25, -0.2) is 4.79 Å². The number of carbonyl (C=O) groups excluding carboxylic acids is 1. The monoisotopic (exact) mass is 335 g/mol. The zero-order chi connectivity index (χ0) is 17.0. The summed E-state index contributed by atoms with van der Waals surface area (Å²) in [6.45, 7) is 7.85. The molecule has 0 heterocycles. The van der Waals surface area contributed by atoms with Crippen molar-refractivity contribution in [2.45, 2.75) is 65.0 Å². The van der Waals surface area contributed by atoms with E-state index in [0.29, 0.717) is 5.92 Å². The maximum absolute atomic E-state index is 12.4. The molecule has 0 aromatic carbocycles. The van der Waals surface area contributed by atoms with Gasteiger partial charge in [-0.2, -0.15) is 8.42 Å². The van der Waals surface area contributed by atoms with Gasteiger partial charge in [0, 0.05) is 12.6 Å². The Hall–Kier alpha value is -0.820. The van der Waals surface area contributed by atoms with Crippen molar-refractivity contribution in [1.82, 2.24) is 4.90 Å². The molecule has 1 fully saturated rings. The molecule has 0 bridgehead atoms. The lowest BCUT2D eigenvalue weighted by Gasteiger charge is -2.36. The first-order chi connectivity index (χ1) is 9.98. The molecule has 7 heteroatoms. The van der Waals surface area contributed by atoms with E-state index in [2.05, 4.69) is 6.92 Å². The van der Waals surface area contributed by atoms with E-state index in [0.717, 1.165) is 31.9 Å². The van der Waals surface area contributed by atoms with Crippen molar-refractivity contribution < 1.29 is 22.1 Å². The molecule has 22 heavy (non-hydrogen) atoms.